The average molecular weight is 336 g/mol. The minimum atomic E-state index is -0.143. The predicted octanol–water partition coefficient (Wildman–Crippen LogP) is 3.59. The van der Waals surface area contributed by atoms with Crippen LogP contribution in [0.25, 0.3) is 11.3 Å². The largest absolute Gasteiger partial charge is 0.444 e. The van der Waals surface area contributed by atoms with Crippen molar-refractivity contribution in [1.29, 1.82) is 0 Å². The molecule has 5 heteroatoms. The van der Waals surface area contributed by atoms with Gasteiger partial charge in [0.15, 0.2) is 12.2 Å². The number of amides is 1. The van der Waals surface area contributed by atoms with Gasteiger partial charge in [-0.3, -0.25) is 4.79 Å². The molecule has 3 rings (SSSR count). The summed E-state index contributed by atoms with van der Waals surface area (Å²) in [7, 11) is 0. The van der Waals surface area contributed by atoms with Gasteiger partial charge in [-0.15, -0.1) is 0 Å². The molecule has 0 radical (unpaired) electrons. The second-order valence-corrected chi connectivity index (χ2v) is 5.75. The highest BCUT2D eigenvalue weighted by Gasteiger charge is 2.15. The third kappa shape index (κ3) is 4.33. The number of hydrogen-bond donors (Lipinski definition) is 2. The van der Waals surface area contributed by atoms with Gasteiger partial charge >= 0.3 is 0 Å². The number of aliphatic hydroxyl groups excluding tert-OH is 1. The van der Waals surface area contributed by atoms with E-state index in [1.165, 1.54) is 6.39 Å². The molecular weight excluding hydrogens is 316 g/mol. The van der Waals surface area contributed by atoms with Crippen molar-refractivity contribution < 1.29 is 14.3 Å². The van der Waals surface area contributed by atoms with E-state index in [2.05, 4.69) is 10.3 Å². The van der Waals surface area contributed by atoms with Crippen LogP contribution in [0.3, 0.4) is 0 Å². The molecule has 2 N–H and O–H groups in total. The number of nitrogens with zero attached hydrogens (tertiary/aromatic N) is 1. The van der Waals surface area contributed by atoms with Crippen molar-refractivity contribution in [3.8, 4) is 11.3 Å². The van der Waals surface area contributed by atoms with Crippen LogP contribution >= 0.6 is 0 Å². The van der Waals surface area contributed by atoms with Gasteiger partial charge in [0, 0.05) is 17.7 Å². The standard InChI is InChI=1S/C20H20N2O3/c23-12-4-7-18(15-5-2-1-3-6-15)22-20(24)17-10-8-16(9-11-17)19-13-21-14-25-19/h1-3,5-6,8-11,13-14,18,23H,4,7,12H2,(H,22,24). The lowest BCUT2D eigenvalue weighted by Crippen LogP contribution is -2.28. The van der Waals surface area contributed by atoms with Crippen molar-refractivity contribution in [2.24, 2.45) is 0 Å². The lowest BCUT2D eigenvalue weighted by molar-refractivity contribution is 0.0932. The minimum absolute atomic E-state index is 0.102. The van der Waals surface area contributed by atoms with E-state index in [4.69, 9.17) is 9.52 Å². The Morgan fingerprint density at radius 1 is 1.12 bits per heavy atom. The van der Waals surface area contributed by atoms with E-state index in [0.717, 1.165) is 11.1 Å². The molecule has 0 aliphatic rings. The van der Waals surface area contributed by atoms with Gasteiger partial charge < -0.3 is 14.8 Å². The van der Waals surface area contributed by atoms with Crippen LogP contribution < -0.4 is 5.32 Å². The molecule has 1 unspecified atom stereocenters. The fraction of sp³-hybridized carbons (Fsp3) is 0.200. The fourth-order valence-electron chi connectivity index (χ4n) is 2.69. The lowest BCUT2D eigenvalue weighted by Gasteiger charge is -2.19. The maximum atomic E-state index is 12.6. The van der Waals surface area contributed by atoms with Crippen molar-refractivity contribution in [3.05, 3.63) is 78.3 Å². The number of benzene rings is 2. The molecule has 0 spiro atoms. The Morgan fingerprint density at radius 3 is 2.52 bits per heavy atom. The maximum Gasteiger partial charge on any atom is 0.251 e. The quantitative estimate of drug-likeness (QED) is 0.691. The van der Waals surface area contributed by atoms with E-state index in [-0.39, 0.29) is 18.6 Å². The van der Waals surface area contributed by atoms with Gasteiger partial charge in [-0.05, 0) is 30.5 Å². The van der Waals surface area contributed by atoms with Crippen LogP contribution in [0.15, 0.2) is 71.6 Å². The molecule has 0 aliphatic heterocycles. The number of aliphatic hydroxyl groups is 1. The molecule has 2 aromatic carbocycles. The highest BCUT2D eigenvalue weighted by Crippen LogP contribution is 2.21. The normalized spacial score (nSPS) is 11.9. The summed E-state index contributed by atoms with van der Waals surface area (Å²) in [4.78, 5) is 16.5. The number of hydrogen-bond acceptors (Lipinski definition) is 4. The van der Waals surface area contributed by atoms with E-state index in [0.29, 0.717) is 24.2 Å². The van der Waals surface area contributed by atoms with Crippen LogP contribution in [0, 0.1) is 0 Å². The van der Waals surface area contributed by atoms with Gasteiger partial charge in [-0.1, -0.05) is 42.5 Å². The zero-order valence-electron chi connectivity index (χ0n) is 13.8. The van der Waals surface area contributed by atoms with Gasteiger partial charge in [-0.25, -0.2) is 4.98 Å². The Morgan fingerprint density at radius 2 is 1.88 bits per heavy atom. The molecule has 0 aliphatic carbocycles. The molecule has 1 atom stereocenters. The lowest BCUT2D eigenvalue weighted by atomic mass is 10.0. The van der Waals surface area contributed by atoms with Crippen LogP contribution in [0.2, 0.25) is 0 Å². The zero-order chi connectivity index (χ0) is 17.5. The van der Waals surface area contributed by atoms with E-state index < -0.39 is 0 Å². The van der Waals surface area contributed by atoms with Gasteiger partial charge in [-0.2, -0.15) is 0 Å². The molecule has 1 aromatic heterocycles. The third-order valence-electron chi connectivity index (χ3n) is 4.02. The topological polar surface area (TPSA) is 75.4 Å². The number of rotatable bonds is 7. The van der Waals surface area contributed by atoms with Crippen LogP contribution in [0.1, 0.15) is 34.8 Å². The first-order valence-corrected chi connectivity index (χ1v) is 8.23. The van der Waals surface area contributed by atoms with Crippen molar-refractivity contribution in [1.82, 2.24) is 10.3 Å². The number of nitrogens with one attached hydrogen (secondary N) is 1. The summed E-state index contributed by atoms with van der Waals surface area (Å²) in [5.74, 6) is 0.521. The number of oxazole rings is 1. The first-order chi connectivity index (χ1) is 12.3. The van der Waals surface area contributed by atoms with Gasteiger partial charge in [0.25, 0.3) is 5.91 Å². The zero-order valence-corrected chi connectivity index (χ0v) is 13.8. The number of carbonyl (C=O) groups excluding carboxylic acids is 1. The predicted molar refractivity (Wildman–Crippen MR) is 94.9 cm³/mol. The third-order valence-corrected chi connectivity index (χ3v) is 4.02. The summed E-state index contributed by atoms with van der Waals surface area (Å²) in [6, 6.07) is 16.9. The summed E-state index contributed by atoms with van der Waals surface area (Å²) in [6.07, 6.45) is 4.32. The summed E-state index contributed by atoms with van der Waals surface area (Å²) in [5.41, 5.74) is 2.48. The summed E-state index contributed by atoms with van der Waals surface area (Å²) in [6.45, 7) is 0.102. The second kappa shape index (κ2) is 8.26. The molecule has 0 saturated carbocycles. The Labute approximate surface area is 146 Å². The first kappa shape index (κ1) is 16.9. The molecule has 0 bridgehead atoms. The van der Waals surface area contributed by atoms with Crippen molar-refractivity contribution in [3.63, 3.8) is 0 Å². The van der Waals surface area contributed by atoms with Crippen molar-refractivity contribution in [2.45, 2.75) is 18.9 Å². The van der Waals surface area contributed by atoms with Crippen molar-refractivity contribution >= 4 is 5.91 Å². The minimum Gasteiger partial charge on any atom is -0.444 e. The van der Waals surface area contributed by atoms with Crippen LogP contribution in [-0.4, -0.2) is 22.6 Å². The molecule has 1 heterocycles. The summed E-state index contributed by atoms with van der Waals surface area (Å²) < 4.78 is 5.25. The van der Waals surface area contributed by atoms with Crippen LogP contribution in [0.5, 0.6) is 0 Å². The Kier molecular flexibility index (Phi) is 5.59. The molecule has 0 saturated heterocycles. The van der Waals surface area contributed by atoms with E-state index in [1.807, 2.05) is 42.5 Å². The van der Waals surface area contributed by atoms with Crippen LogP contribution in [0.4, 0.5) is 0 Å². The molecule has 5 nitrogen and oxygen atoms in total. The van der Waals surface area contributed by atoms with E-state index >= 15 is 0 Å². The second-order valence-electron chi connectivity index (χ2n) is 5.75. The molecule has 1 amide bonds. The maximum absolute atomic E-state index is 12.6. The molecule has 25 heavy (non-hydrogen) atoms. The number of carbonyl (C=O) groups is 1. The van der Waals surface area contributed by atoms with Gasteiger partial charge in [0.05, 0.1) is 12.2 Å². The number of aromatic nitrogens is 1. The van der Waals surface area contributed by atoms with Gasteiger partial charge in [0.2, 0.25) is 0 Å². The average Bonchev–Trinajstić information content (AvgIpc) is 3.20. The highest BCUT2D eigenvalue weighted by atomic mass is 16.3. The van der Waals surface area contributed by atoms with E-state index in [1.54, 1.807) is 18.3 Å². The van der Waals surface area contributed by atoms with E-state index in [9.17, 15) is 4.79 Å². The molecule has 3 aromatic rings. The first-order valence-electron chi connectivity index (χ1n) is 8.23. The Hall–Kier alpha value is -2.92. The molecule has 0 fully saturated rings. The van der Waals surface area contributed by atoms with Crippen LogP contribution in [-0.2, 0) is 0 Å². The Bertz CT molecular complexity index is 784. The molecular formula is C20H20N2O3. The molecule has 128 valence electrons. The smallest absolute Gasteiger partial charge is 0.251 e. The van der Waals surface area contributed by atoms with Gasteiger partial charge in [0.1, 0.15) is 0 Å². The SMILES string of the molecule is O=C(NC(CCCO)c1ccccc1)c1ccc(-c2cnco2)cc1. The highest BCUT2D eigenvalue weighted by molar-refractivity contribution is 5.94. The summed E-state index contributed by atoms with van der Waals surface area (Å²) in [5, 5.41) is 12.2. The van der Waals surface area contributed by atoms with Crippen molar-refractivity contribution in [2.75, 3.05) is 6.61 Å². The summed E-state index contributed by atoms with van der Waals surface area (Å²) >= 11 is 0. The fourth-order valence-corrected chi connectivity index (χ4v) is 2.69. The Balaban J connectivity index is 1.72. The monoisotopic (exact) mass is 336 g/mol.